The average molecular weight is 557 g/mol. The highest BCUT2D eigenvalue weighted by Crippen LogP contribution is 2.37. The summed E-state index contributed by atoms with van der Waals surface area (Å²) >= 11 is 0. The number of guanidine groups is 1. The van der Waals surface area contributed by atoms with Gasteiger partial charge >= 0.3 is 0 Å². The molecule has 10 nitrogen and oxygen atoms in total. The maximum Gasteiger partial charge on any atom is 0.264 e. The summed E-state index contributed by atoms with van der Waals surface area (Å²) in [4.78, 5) is 17.5. The molecule has 206 valence electrons. The Kier molecular flexibility index (Phi) is 7.07. The third kappa shape index (κ3) is 4.68. The number of nitrogens with one attached hydrogen (secondary N) is 1. The number of nitrogens with zero attached hydrogens (tertiary/aromatic N) is 7. The van der Waals surface area contributed by atoms with Gasteiger partial charge in [0.1, 0.15) is 29.4 Å². The molecule has 5 rings (SSSR count). The summed E-state index contributed by atoms with van der Waals surface area (Å²) in [7, 11) is 1.57. The summed E-state index contributed by atoms with van der Waals surface area (Å²) in [5.41, 5.74) is 9.07. The molecule has 3 N–H and O–H groups in total. The lowest BCUT2D eigenvalue weighted by Gasteiger charge is -2.33. The third-order valence-corrected chi connectivity index (χ3v) is 6.41. The summed E-state index contributed by atoms with van der Waals surface area (Å²) in [6.07, 6.45) is 2.70. The van der Waals surface area contributed by atoms with Crippen molar-refractivity contribution in [2.75, 3.05) is 25.9 Å². The zero-order chi connectivity index (χ0) is 28.6. The number of benzene rings is 2. The zero-order valence-corrected chi connectivity index (χ0v) is 20.8. The number of rotatable bonds is 4. The van der Waals surface area contributed by atoms with Crippen LogP contribution >= 0.6 is 0 Å². The van der Waals surface area contributed by atoms with E-state index in [9.17, 15) is 17.6 Å². The number of aliphatic imine (C=N–C) groups is 1. The fourth-order valence-corrected chi connectivity index (χ4v) is 4.61. The van der Waals surface area contributed by atoms with Crippen LogP contribution in [0.3, 0.4) is 0 Å². The third-order valence-electron chi connectivity index (χ3n) is 6.41. The van der Waals surface area contributed by atoms with E-state index in [0.717, 1.165) is 18.6 Å². The van der Waals surface area contributed by atoms with Crippen molar-refractivity contribution in [1.29, 1.82) is 0 Å². The fourth-order valence-electron chi connectivity index (χ4n) is 4.61. The maximum atomic E-state index is 15.4. The molecule has 0 bridgehead atoms. The largest absolute Gasteiger partial charge is 0.451 e. The second-order valence-electron chi connectivity index (χ2n) is 8.80. The molecule has 2 aromatic heterocycles. The number of halogens is 5. The van der Waals surface area contributed by atoms with Crippen LogP contribution in [0.5, 0.6) is 11.5 Å². The van der Waals surface area contributed by atoms with E-state index in [0.29, 0.717) is 31.1 Å². The predicted octanol–water partition coefficient (Wildman–Crippen LogP) is 4.61. The lowest BCUT2D eigenvalue weighted by molar-refractivity contribution is 0.245. The van der Waals surface area contributed by atoms with Crippen molar-refractivity contribution in [3.05, 3.63) is 71.2 Å². The molecule has 1 unspecified atom stereocenters. The standard InChI is InChI=1S/C25H20F5N9O/c1-32-25(36-33-2)38-7-3-4-12(10-38)39-24-18(23(31)34-11-35-24)21(37-39)14-6-5-13(8-15(14)26)40-22-19(29)16(27)9-17(28)20(22)30/h5-6,8-9,11-12H,3-4,7,10H2,1H3,(H,32,36)(H2,31,34,35). The highest BCUT2D eigenvalue weighted by atomic mass is 19.2. The summed E-state index contributed by atoms with van der Waals surface area (Å²) in [5.74, 6) is -9.09. The van der Waals surface area contributed by atoms with Gasteiger partial charge in [-0.3, -0.25) is 4.99 Å². The molecule has 0 saturated carbocycles. The molecule has 0 radical (unpaired) electrons. The van der Waals surface area contributed by atoms with Gasteiger partial charge in [-0.15, -0.1) is 0 Å². The number of anilines is 1. The van der Waals surface area contributed by atoms with Gasteiger partial charge in [0, 0.05) is 37.8 Å². The maximum absolute atomic E-state index is 15.4. The SMILES string of the molecule is [C-]#[N+]NC(=NC)N1CCCC(n2nc(-c3ccc(Oc4c(F)c(F)cc(F)c4F)cc3F)c3c(N)ncnc32)C1. The highest BCUT2D eigenvalue weighted by molar-refractivity contribution is 5.98. The van der Waals surface area contributed by atoms with E-state index in [-0.39, 0.29) is 34.6 Å². The summed E-state index contributed by atoms with van der Waals surface area (Å²) in [6.45, 7) is 8.16. The van der Waals surface area contributed by atoms with Gasteiger partial charge in [0.2, 0.25) is 17.4 Å². The molecule has 3 heterocycles. The molecule has 2 aromatic carbocycles. The number of ether oxygens (including phenoxy) is 1. The van der Waals surface area contributed by atoms with Gasteiger partial charge in [-0.25, -0.2) is 27.8 Å². The van der Waals surface area contributed by atoms with Crippen molar-refractivity contribution in [3.8, 4) is 22.8 Å². The van der Waals surface area contributed by atoms with Gasteiger partial charge in [-0.2, -0.15) is 25.4 Å². The lowest BCUT2D eigenvalue weighted by atomic mass is 10.1. The Labute approximate surface area is 223 Å². The van der Waals surface area contributed by atoms with Gasteiger partial charge in [0.05, 0.1) is 11.4 Å². The number of hydrogen-bond acceptors (Lipinski definition) is 6. The first-order valence-corrected chi connectivity index (χ1v) is 11.9. The lowest BCUT2D eigenvalue weighted by Crippen LogP contribution is -2.45. The van der Waals surface area contributed by atoms with E-state index in [4.69, 9.17) is 17.0 Å². The fraction of sp³-hybridized carbons (Fsp3) is 0.240. The molecule has 1 aliphatic rings. The Hall–Kier alpha value is -5.00. The average Bonchev–Trinajstić information content (AvgIpc) is 3.34. The Bertz CT molecular complexity index is 1660. The first-order chi connectivity index (χ1) is 19.2. The van der Waals surface area contributed by atoms with E-state index < -0.39 is 40.6 Å². The van der Waals surface area contributed by atoms with Crippen molar-refractivity contribution in [2.24, 2.45) is 4.99 Å². The van der Waals surface area contributed by atoms with Crippen LogP contribution in [-0.2, 0) is 0 Å². The van der Waals surface area contributed by atoms with Crippen LogP contribution in [0, 0.1) is 35.7 Å². The molecule has 4 aromatic rings. The Balaban J connectivity index is 1.53. The van der Waals surface area contributed by atoms with Crippen LogP contribution in [0.15, 0.2) is 35.6 Å². The number of aromatic nitrogens is 4. The van der Waals surface area contributed by atoms with E-state index in [1.807, 2.05) is 4.90 Å². The quantitative estimate of drug-likeness (QED) is 0.0942. The first-order valence-electron chi connectivity index (χ1n) is 11.9. The number of nitrogen functional groups attached to an aromatic ring is 1. The Morgan fingerprint density at radius 1 is 1.12 bits per heavy atom. The van der Waals surface area contributed by atoms with E-state index >= 15 is 4.39 Å². The molecule has 1 aliphatic heterocycles. The van der Waals surface area contributed by atoms with Crippen LogP contribution in [0.1, 0.15) is 18.9 Å². The van der Waals surface area contributed by atoms with Gasteiger partial charge in [0.25, 0.3) is 5.96 Å². The monoisotopic (exact) mass is 557 g/mol. The van der Waals surface area contributed by atoms with Crippen LogP contribution < -0.4 is 15.9 Å². The molecular formula is C25H20F5N9O. The van der Waals surface area contributed by atoms with Gasteiger partial charge in [0.15, 0.2) is 17.3 Å². The van der Waals surface area contributed by atoms with E-state index in [1.165, 1.54) is 12.4 Å². The van der Waals surface area contributed by atoms with Crippen LogP contribution in [0.4, 0.5) is 27.8 Å². The van der Waals surface area contributed by atoms with Crippen LogP contribution in [0.25, 0.3) is 27.2 Å². The molecule has 1 fully saturated rings. The van der Waals surface area contributed by atoms with E-state index in [2.05, 4.69) is 30.4 Å². The molecular weight excluding hydrogens is 537 g/mol. The first kappa shape index (κ1) is 26.6. The Morgan fingerprint density at radius 3 is 2.55 bits per heavy atom. The van der Waals surface area contributed by atoms with Gasteiger partial charge in [-0.1, -0.05) is 5.43 Å². The smallest absolute Gasteiger partial charge is 0.264 e. The van der Waals surface area contributed by atoms with Crippen molar-refractivity contribution >= 4 is 22.8 Å². The minimum Gasteiger partial charge on any atom is -0.451 e. The molecule has 40 heavy (non-hydrogen) atoms. The van der Waals surface area contributed by atoms with Gasteiger partial charge in [-0.05, 0) is 25.0 Å². The summed E-state index contributed by atoms with van der Waals surface area (Å²) < 4.78 is 77.2. The minimum atomic E-state index is -1.76. The van der Waals surface area contributed by atoms with Crippen molar-refractivity contribution < 1.29 is 26.7 Å². The molecule has 1 atom stereocenters. The van der Waals surface area contributed by atoms with Crippen LogP contribution in [0.2, 0.25) is 0 Å². The summed E-state index contributed by atoms with van der Waals surface area (Å²) in [6, 6.07) is 2.97. The number of hydrogen-bond donors (Lipinski definition) is 2. The molecule has 0 aliphatic carbocycles. The van der Waals surface area contributed by atoms with E-state index in [1.54, 1.807) is 11.7 Å². The van der Waals surface area contributed by atoms with Gasteiger partial charge < -0.3 is 15.4 Å². The molecule has 15 heteroatoms. The molecule has 1 saturated heterocycles. The number of fused-ring (bicyclic) bond motifs is 1. The second-order valence-corrected chi connectivity index (χ2v) is 8.80. The highest BCUT2D eigenvalue weighted by Gasteiger charge is 2.29. The molecule has 0 amide bonds. The normalized spacial score (nSPS) is 15.8. The van der Waals surface area contributed by atoms with Crippen molar-refractivity contribution in [2.45, 2.75) is 18.9 Å². The summed E-state index contributed by atoms with van der Waals surface area (Å²) in [5, 5.41) is 4.90. The minimum absolute atomic E-state index is 0.0395. The van der Waals surface area contributed by atoms with Crippen molar-refractivity contribution in [3.63, 3.8) is 0 Å². The second kappa shape index (κ2) is 10.6. The van der Waals surface area contributed by atoms with Crippen molar-refractivity contribution in [1.82, 2.24) is 30.1 Å². The number of piperidine rings is 1. The number of likely N-dealkylation sites (tertiary alicyclic amines) is 1. The topological polar surface area (TPSA) is 111 Å². The zero-order valence-electron chi connectivity index (χ0n) is 20.8. The Morgan fingerprint density at radius 2 is 1.88 bits per heavy atom. The predicted molar refractivity (Wildman–Crippen MR) is 134 cm³/mol. The number of nitrogens with two attached hydrogens (primary N) is 1. The van der Waals surface area contributed by atoms with Crippen LogP contribution in [-0.4, -0.2) is 50.7 Å². The molecule has 0 spiro atoms.